The lowest BCUT2D eigenvalue weighted by Crippen LogP contribution is -2.47. The van der Waals surface area contributed by atoms with Crippen LogP contribution in [0.25, 0.3) is 0 Å². The quantitative estimate of drug-likeness (QED) is 0.726. The van der Waals surface area contributed by atoms with Crippen LogP contribution in [0.5, 0.6) is 5.75 Å². The summed E-state index contributed by atoms with van der Waals surface area (Å²) in [6.07, 6.45) is -1.85. The summed E-state index contributed by atoms with van der Waals surface area (Å²) in [5.74, 6) is -0.307. The Hall–Kier alpha value is -2.30. The lowest BCUT2D eigenvalue weighted by atomic mass is 10.0. The molecule has 0 aliphatic carbocycles. The van der Waals surface area contributed by atoms with Gasteiger partial charge in [-0.2, -0.15) is 0 Å². The molecule has 1 aromatic rings. The normalized spacial score (nSPS) is 25.4. The predicted molar refractivity (Wildman–Crippen MR) is 115 cm³/mol. The Bertz CT molecular complexity index is 837. The summed E-state index contributed by atoms with van der Waals surface area (Å²) in [5, 5.41) is 9.89. The number of carboxylic acid groups (broad SMARTS) is 1. The fourth-order valence-electron chi connectivity index (χ4n) is 3.15. The second kappa shape index (κ2) is 9.46. The summed E-state index contributed by atoms with van der Waals surface area (Å²) >= 11 is 1.20. The van der Waals surface area contributed by atoms with E-state index in [2.05, 4.69) is 4.99 Å². The molecule has 3 rings (SSSR count). The third kappa shape index (κ3) is 5.90. The third-order valence-electron chi connectivity index (χ3n) is 4.74. The summed E-state index contributed by atoms with van der Waals surface area (Å²) < 4.78 is 22.3. The van der Waals surface area contributed by atoms with Gasteiger partial charge < -0.3 is 24.1 Å². The van der Waals surface area contributed by atoms with E-state index in [4.69, 9.17) is 18.9 Å². The molecule has 4 atom stereocenters. The number of amidine groups is 1. The minimum atomic E-state index is -1.05. The van der Waals surface area contributed by atoms with Crippen LogP contribution in [-0.2, 0) is 25.6 Å². The minimum Gasteiger partial charge on any atom is -0.497 e. The minimum absolute atomic E-state index is 0.167. The van der Waals surface area contributed by atoms with Gasteiger partial charge in [0.25, 0.3) is 0 Å². The number of fused-ring (bicyclic) bond motifs is 1. The summed E-state index contributed by atoms with van der Waals surface area (Å²) in [6.45, 7) is 5.64. The van der Waals surface area contributed by atoms with E-state index in [0.29, 0.717) is 11.8 Å². The summed E-state index contributed by atoms with van der Waals surface area (Å²) in [7, 11) is 3.17. The highest BCUT2D eigenvalue weighted by Gasteiger charge is 2.47. The van der Waals surface area contributed by atoms with Gasteiger partial charge in [0.05, 0.1) is 19.8 Å². The molecular weight excluding hydrogens is 424 g/mol. The van der Waals surface area contributed by atoms with E-state index in [1.165, 1.54) is 16.7 Å². The Morgan fingerprint density at radius 2 is 1.97 bits per heavy atom. The average molecular weight is 453 g/mol. The molecule has 1 N–H and O–H groups in total. The van der Waals surface area contributed by atoms with Crippen LogP contribution in [0.2, 0.25) is 0 Å². The van der Waals surface area contributed by atoms with Gasteiger partial charge in [-0.05, 0) is 38.5 Å². The van der Waals surface area contributed by atoms with Crippen LogP contribution in [0, 0.1) is 0 Å². The molecule has 0 bridgehead atoms. The van der Waals surface area contributed by atoms with Gasteiger partial charge in [0.15, 0.2) is 11.3 Å². The van der Waals surface area contributed by atoms with Gasteiger partial charge in [0.2, 0.25) is 0 Å². The number of ether oxygens (including phenoxy) is 4. The highest BCUT2D eigenvalue weighted by molar-refractivity contribution is 8.14. The number of nitrogens with zero attached hydrogens (tertiary/aromatic N) is 2. The largest absolute Gasteiger partial charge is 0.497 e. The molecule has 0 aromatic heterocycles. The predicted octanol–water partition coefficient (Wildman–Crippen LogP) is 3.12. The second-order valence-corrected chi connectivity index (χ2v) is 9.39. The number of carbonyl (C=O) groups is 2. The van der Waals surface area contributed by atoms with Gasteiger partial charge in [0, 0.05) is 13.5 Å². The van der Waals surface area contributed by atoms with E-state index in [0.717, 1.165) is 11.3 Å². The fraction of sp³-hybridized carbons (Fsp3) is 0.571. The lowest BCUT2D eigenvalue weighted by Gasteiger charge is -2.34. The monoisotopic (exact) mass is 452 g/mol. The van der Waals surface area contributed by atoms with E-state index >= 15 is 0 Å². The Kier molecular flexibility index (Phi) is 7.13. The molecule has 10 heteroatoms. The summed E-state index contributed by atoms with van der Waals surface area (Å²) in [6, 6.07) is 7.02. The van der Waals surface area contributed by atoms with Gasteiger partial charge in [-0.15, -0.1) is 0 Å². The maximum Gasteiger partial charge on any atom is 0.416 e. The van der Waals surface area contributed by atoms with Crippen molar-refractivity contribution in [3.8, 4) is 5.75 Å². The molecule has 1 amide bonds. The molecule has 1 saturated heterocycles. The third-order valence-corrected chi connectivity index (χ3v) is 5.95. The number of carbonyl (C=O) groups excluding carboxylic acids is 1. The van der Waals surface area contributed by atoms with Crippen molar-refractivity contribution in [2.24, 2.45) is 4.99 Å². The maximum atomic E-state index is 12.4. The van der Waals surface area contributed by atoms with E-state index in [1.807, 2.05) is 24.3 Å². The fourth-order valence-corrected chi connectivity index (χ4v) is 4.34. The van der Waals surface area contributed by atoms with Crippen molar-refractivity contribution in [1.82, 2.24) is 4.90 Å². The number of amides is 1. The number of aliphatic imine (C=N–C) groups is 1. The Morgan fingerprint density at radius 3 is 2.55 bits per heavy atom. The average Bonchev–Trinajstić information content (AvgIpc) is 3.14. The van der Waals surface area contributed by atoms with Crippen LogP contribution in [0.3, 0.4) is 0 Å². The lowest BCUT2D eigenvalue weighted by molar-refractivity contribution is -0.164. The van der Waals surface area contributed by atoms with Crippen LogP contribution in [-0.4, -0.2) is 70.7 Å². The number of hydrogen-bond acceptors (Lipinski definition) is 8. The topological polar surface area (TPSA) is 107 Å². The van der Waals surface area contributed by atoms with Crippen LogP contribution in [0.15, 0.2) is 29.3 Å². The Balaban J connectivity index is 1.72. The van der Waals surface area contributed by atoms with Crippen molar-refractivity contribution in [2.45, 2.75) is 63.1 Å². The van der Waals surface area contributed by atoms with Crippen molar-refractivity contribution in [1.29, 1.82) is 0 Å². The molecule has 0 spiro atoms. The molecule has 0 radical (unpaired) electrons. The Morgan fingerprint density at radius 1 is 1.29 bits per heavy atom. The zero-order valence-corrected chi connectivity index (χ0v) is 19.0. The molecule has 1 fully saturated rings. The first-order chi connectivity index (χ1) is 14.6. The van der Waals surface area contributed by atoms with Crippen LogP contribution >= 0.6 is 11.8 Å². The number of methoxy groups -OCH3 is 1. The first-order valence-electron chi connectivity index (χ1n) is 9.91. The molecule has 2 heterocycles. The molecule has 170 valence electrons. The molecule has 1 unspecified atom stereocenters. The van der Waals surface area contributed by atoms with E-state index < -0.39 is 41.3 Å². The van der Waals surface area contributed by atoms with Crippen LogP contribution < -0.4 is 4.74 Å². The van der Waals surface area contributed by atoms with Crippen molar-refractivity contribution in [3.05, 3.63) is 29.8 Å². The number of aliphatic carboxylic acids is 1. The van der Waals surface area contributed by atoms with Crippen molar-refractivity contribution in [2.75, 3.05) is 14.2 Å². The van der Waals surface area contributed by atoms with Gasteiger partial charge >= 0.3 is 12.1 Å². The van der Waals surface area contributed by atoms with Gasteiger partial charge in [-0.3, -0.25) is 9.89 Å². The van der Waals surface area contributed by atoms with E-state index in [1.54, 1.807) is 34.9 Å². The van der Waals surface area contributed by atoms with Crippen molar-refractivity contribution < 1.29 is 33.6 Å². The Labute approximate surface area is 185 Å². The van der Waals surface area contributed by atoms with Crippen LogP contribution in [0.1, 0.15) is 32.8 Å². The molecule has 9 nitrogen and oxygen atoms in total. The molecule has 1 aromatic carbocycles. The number of carboxylic acids is 1. The van der Waals surface area contributed by atoms with Crippen molar-refractivity contribution in [3.63, 3.8) is 0 Å². The van der Waals surface area contributed by atoms with E-state index in [9.17, 15) is 14.7 Å². The zero-order chi connectivity index (χ0) is 22.8. The second-order valence-electron chi connectivity index (χ2n) is 8.32. The number of rotatable bonds is 5. The van der Waals surface area contributed by atoms with Gasteiger partial charge in [-0.25, -0.2) is 9.59 Å². The van der Waals surface area contributed by atoms with Gasteiger partial charge in [-0.1, -0.05) is 23.9 Å². The molecule has 31 heavy (non-hydrogen) atoms. The van der Waals surface area contributed by atoms with Crippen LogP contribution in [0.4, 0.5) is 4.79 Å². The number of benzene rings is 1. The zero-order valence-electron chi connectivity index (χ0n) is 18.2. The molecule has 0 saturated carbocycles. The maximum absolute atomic E-state index is 12.4. The summed E-state index contributed by atoms with van der Waals surface area (Å²) in [5.41, 5.74) is -0.274. The molecular formula is C21H28N2O7S. The highest BCUT2D eigenvalue weighted by atomic mass is 32.2. The molecule has 2 aliphatic heterocycles. The highest BCUT2D eigenvalue weighted by Crippen LogP contribution is 2.39. The first-order valence-corrected chi connectivity index (χ1v) is 10.8. The van der Waals surface area contributed by atoms with Crippen molar-refractivity contribution >= 4 is 29.0 Å². The molecule has 2 aliphatic rings. The van der Waals surface area contributed by atoms with Gasteiger partial charge in [0.1, 0.15) is 22.8 Å². The standard InChI is InChI=1S/C21H28N2O7S/c1-21(2,3)30-20(26)23(4)19-22-16-14(10-15(17(24)25)29-18(16)31-19)28-11-12-6-8-13(27-5)9-7-12/h6-9,14-16,18H,10-11H2,1-5H3,(H,24,25)/t14?,15-,16+,18+/m0/s1. The smallest absolute Gasteiger partial charge is 0.416 e. The number of hydrogen-bond donors (Lipinski definition) is 1. The first kappa shape index (κ1) is 23.4. The number of thioether (sulfide) groups is 1. The summed E-state index contributed by atoms with van der Waals surface area (Å²) in [4.78, 5) is 29.9. The van der Waals surface area contributed by atoms with E-state index in [-0.39, 0.29) is 6.42 Å². The SMILES string of the molecule is COc1ccc(COC2C[C@@H](C(=O)O)O[C@@H]3SC(N(C)C(=O)OC(C)(C)C)=N[C@H]23)cc1.